The molecule has 3 heteroatoms. The maximum Gasteiger partial charge on any atom is 0.0456 e. The molecule has 16 heavy (non-hydrogen) atoms. The molecular weight excluding hydrogens is 263 g/mol. The van der Waals surface area contributed by atoms with Crippen LogP contribution in [0.15, 0.2) is 42.5 Å². The van der Waals surface area contributed by atoms with Crippen molar-refractivity contribution in [1.29, 1.82) is 0 Å². The highest BCUT2D eigenvalue weighted by Gasteiger charge is 2.02. The third-order valence-corrected chi connectivity index (χ3v) is 3.16. The Morgan fingerprint density at radius 2 is 1.38 bits per heavy atom. The number of benzene rings is 2. The molecule has 0 saturated heterocycles. The second-order valence-electron chi connectivity index (χ2n) is 3.54. The minimum atomic E-state index is 0.657. The summed E-state index contributed by atoms with van der Waals surface area (Å²) in [6, 6.07) is 13.3. The van der Waals surface area contributed by atoms with E-state index >= 15 is 0 Å². The van der Waals surface area contributed by atoms with Crippen LogP contribution in [0, 0.1) is 0 Å². The molecule has 0 saturated carbocycles. The Kier molecular flexibility index (Phi) is 3.75. The fourth-order valence-corrected chi connectivity index (χ4v) is 2.09. The summed E-state index contributed by atoms with van der Waals surface area (Å²) < 4.78 is 0. The van der Waals surface area contributed by atoms with Crippen molar-refractivity contribution >= 4 is 34.8 Å². The second kappa shape index (κ2) is 5.09. The first-order chi connectivity index (χ1) is 7.65. The molecule has 0 radical (unpaired) electrons. The van der Waals surface area contributed by atoms with E-state index in [4.69, 9.17) is 34.8 Å². The minimum absolute atomic E-state index is 0.657. The molecule has 0 bridgehead atoms. The molecule has 0 N–H and O–H groups in total. The maximum atomic E-state index is 6.10. The van der Waals surface area contributed by atoms with Gasteiger partial charge in [-0.3, -0.25) is 0 Å². The molecule has 0 aliphatic heterocycles. The van der Waals surface area contributed by atoms with Gasteiger partial charge < -0.3 is 0 Å². The minimum Gasteiger partial charge on any atom is -0.0843 e. The van der Waals surface area contributed by atoms with Gasteiger partial charge in [-0.25, -0.2) is 0 Å². The summed E-state index contributed by atoms with van der Waals surface area (Å²) in [5, 5.41) is 2.10. The average Bonchev–Trinajstić information content (AvgIpc) is 2.25. The fraction of sp³-hybridized carbons (Fsp3) is 0.0769. The number of hydrogen-bond acceptors (Lipinski definition) is 0. The van der Waals surface area contributed by atoms with Crippen LogP contribution >= 0.6 is 34.8 Å². The quantitative estimate of drug-likeness (QED) is 0.701. The topological polar surface area (TPSA) is 0 Å². The van der Waals surface area contributed by atoms with E-state index < -0.39 is 0 Å². The van der Waals surface area contributed by atoms with Crippen LogP contribution < -0.4 is 0 Å². The van der Waals surface area contributed by atoms with Crippen LogP contribution in [-0.4, -0.2) is 0 Å². The van der Waals surface area contributed by atoms with E-state index in [-0.39, 0.29) is 0 Å². The molecule has 0 atom stereocenters. The molecule has 0 nitrogen and oxygen atoms in total. The van der Waals surface area contributed by atoms with Crippen molar-refractivity contribution in [2.24, 2.45) is 0 Å². The van der Waals surface area contributed by atoms with Crippen LogP contribution in [0.25, 0.3) is 0 Å². The summed E-state index contributed by atoms with van der Waals surface area (Å²) in [6.45, 7) is 0. The Morgan fingerprint density at radius 3 is 2.00 bits per heavy atom. The van der Waals surface area contributed by atoms with E-state index in [1.165, 1.54) is 5.56 Å². The van der Waals surface area contributed by atoms with Crippen LogP contribution in [-0.2, 0) is 6.42 Å². The zero-order valence-electron chi connectivity index (χ0n) is 8.38. The third-order valence-electron chi connectivity index (χ3n) is 2.32. The lowest BCUT2D eigenvalue weighted by atomic mass is 10.1. The third kappa shape index (κ3) is 2.91. The van der Waals surface area contributed by atoms with Crippen LogP contribution in [0.4, 0.5) is 0 Å². The SMILES string of the molecule is Clc1ccc(Cc2ccc(Cl)cc2Cl)cc1. The largest absolute Gasteiger partial charge is 0.0843 e. The van der Waals surface area contributed by atoms with Gasteiger partial charge in [-0.15, -0.1) is 0 Å². The normalized spacial score (nSPS) is 10.4. The van der Waals surface area contributed by atoms with Gasteiger partial charge in [-0.05, 0) is 41.8 Å². The average molecular weight is 272 g/mol. The molecule has 2 aromatic carbocycles. The highest BCUT2D eigenvalue weighted by atomic mass is 35.5. The van der Waals surface area contributed by atoms with Gasteiger partial charge in [0.15, 0.2) is 0 Å². The van der Waals surface area contributed by atoms with Crippen molar-refractivity contribution in [3.05, 3.63) is 68.7 Å². The lowest BCUT2D eigenvalue weighted by Crippen LogP contribution is -1.88. The van der Waals surface area contributed by atoms with Crippen molar-refractivity contribution in [2.75, 3.05) is 0 Å². The van der Waals surface area contributed by atoms with E-state index in [0.717, 1.165) is 17.0 Å². The van der Waals surface area contributed by atoms with Gasteiger partial charge in [0.1, 0.15) is 0 Å². The van der Waals surface area contributed by atoms with Gasteiger partial charge >= 0.3 is 0 Å². The Morgan fingerprint density at radius 1 is 0.750 bits per heavy atom. The Bertz CT molecular complexity index is 489. The molecule has 0 unspecified atom stereocenters. The zero-order valence-corrected chi connectivity index (χ0v) is 10.7. The molecule has 0 fully saturated rings. The summed E-state index contributed by atoms with van der Waals surface area (Å²) in [5.41, 5.74) is 2.24. The number of hydrogen-bond donors (Lipinski definition) is 0. The van der Waals surface area contributed by atoms with Crippen LogP contribution in [0.2, 0.25) is 15.1 Å². The maximum absolute atomic E-state index is 6.10. The summed E-state index contributed by atoms with van der Waals surface area (Å²) in [7, 11) is 0. The Hall–Kier alpha value is -0.690. The van der Waals surface area contributed by atoms with Gasteiger partial charge in [0, 0.05) is 15.1 Å². The lowest BCUT2D eigenvalue weighted by molar-refractivity contribution is 1.19. The fourth-order valence-electron chi connectivity index (χ4n) is 1.49. The van der Waals surface area contributed by atoms with Crippen molar-refractivity contribution in [2.45, 2.75) is 6.42 Å². The first-order valence-corrected chi connectivity index (χ1v) is 5.97. The summed E-state index contributed by atoms with van der Waals surface area (Å²) >= 11 is 17.8. The van der Waals surface area contributed by atoms with Gasteiger partial charge in [0.05, 0.1) is 0 Å². The van der Waals surface area contributed by atoms with E-state index in [1.807, 2.05) is 36.4 Å². The Labute approximate surface area is 110 Å². The van der Waals surface area contributed by atoms with E-state index in [9.17, 15) is 0 Å². The molecule has 0 aliphatic carbocycles. The summed E-state index contributed by atoms with van der Waals surface area (Å²) in [4.78, 5) is 0. The lowest BCUT2D eigenvalue weighted by Gasteiger charge is -2.05. The van der Waals surface area contributed by atoms with Crippen LogP contribution in [0.5, 0.6) is 0 Å². The van der Waals surface area contributed by atoms with E-state index in [2.05, 4.69) is 0 Å². The monoisotopic (exact) mass is 270 g/mol. The highest BCUT2D eigenvalue weighted by molar-refractivity contribution is 6.35. The van der Waals surface area contributed by atoms with Crippen molar-refractivity contribution in [3.63, 3.8) is 0 Å². The standard InChI is InChI=1S/C13H9Cl3/c14-11-4-1-9(2-5-11)7-10-3-6-12(15)8-13(10)16/h1-6,8H,7H2. The predicted octanol–water partition coefficient (Wildman–Crippen LogP) is 5.24. The zero-order chi connectivity index (χ0) is 11.5. The van der Waals surface area contributed by atoms with Gasteiger partial charge in [-0.2, -0.15) is 0 Å². The Balaban J connectivity index is 2.23. The summed E-state index contributed by atoms with van der Waals surface area (Å²) in [6.07, 6.45) is 0.785. The molecular formula is C13H9Cl3. The molecule has 82 valence electrons. The molecule has 0 spiro atoms. The first-order valence-electron chi connectivity index (χ1n) is 4.83. The molecule has 0 heterocycles. The van der Waals surface area contributed by atoms with Crippen molar-refractivity contribution in [3.8, 4) is 0 Å². The van der Waals surface area contributed by atoms with Gasteiger partial charge in [0.2, 0.25) is 0 Å². The molecule has 2 rings (SSSR count). The number of rotatable bonds is 2. The molecule has 2 aromatic rings. The number of halogens is 3. The van der Waals surface area contributed by atoms with Crippen LogP contribution in [0.1, 0.15) is 11.1 Å². The van der Waals surface area contributed by atoms with E-state index in [0.29, 0.717) is 10.0 Å². The summed E-state index contributed by atoms with van der Waals surface area (Å²) in [5.74, 6) is 0. The second-order valence-corrected chi connectivity index (χ2v) is 4.82. The van der Waals surface area contributed by atoms with Crippen molar-refractivity contribution in [1.82, 2.24) is 0 Å². The smallest absolute Gasteiger partial charge is 0.0456 e. The van der Waals surface area contributed by atoms with E-state index in [1.54, 1.807) is 6.07 Å². The van der Waals surface area contributed by atoms with Crippen LogP contribution in [0.3, 0.4) is 0 Å². The molecule has 0 aromatic heterocycles. The first kappa shape index (κ1) is 11.8. The predicted molar refractivity (Wildman–Crippen MR) is 70.7 cm³/mol. The van der Waals surface area contributed by atoms with Crippen molar-refractivity contribution < 1.29 is 0 Å². The molecule has 0 aliphatic rings. The van der Waals surface area contributed by atoms with Gasteiger partial charge in [0.25, 0.3) is 0 Å². The van der Waals surface area contributed by atoms with Gasteiger partial charge in [-0.1, -0.05) is 53.0 Å². The highest BCUT2D eigenvalue weighted by Crippen LogP contribution is 2.23. The molecule has 0 amide bonds.